The zero-order valence-corrected chi connectivity index (χ0v) is 7.63. The average molecular weight is 200 g/mol. The van der Waals surface area contributed by atoms with Crippen LogP contribution in [-0.2, 0) is 6.54 Å². The Hall–Kier alpha value is -1.36. The van der Waals surface area contributed by atoms with E-state index in [-0.39, 0.29) is 23.4 Å². The third-order valence-corrected chi connectivity index (χ3v) is 1.97. The lowest BCUT2D eigenvalue weighted by molar-refractivity contribution is 0.110. The van der Waals surface area contributed by atoms with Gasteiger partial charge in [-0.2, -0.15) is 0 Å². The highest BCUT2D eigenvalue weighted by Crippen LogP contribution is 2.26. The minimum atomic E-state index is -2.72. The molecule has 0 amide bonds. The molecule has 1 heterocycles. The van der Waals surface area contributed by atoms with E-state index in [4.69, 9.17) is 5.73 Å². The number of halogens is 2. The second-order valence-electron chi connectivity index (χ2n) is 2.84. The number of aldehydes is 1. The summed E-state index contributed by atoms with van der Waals surface area (Å²) in [5.74, 6) is 0. The molecule has 0 atom stereocenters. The van der Waals surface area contributed by atoms with Gasteiger partial charge < -0.3 is 5.73 Å². The van der Waals surface area contributed by atoms with Crippen LogP contribution >= 0.6 is 0 Å². The summed E-state index contributed by atoms with van der Waals surface area (Å²) in [5, 5.41) is 0. The lowest BCUT2D eigenvalue weighted by Crippen LogP contribution is -2.09. The number of hydrogen-bond acceptors (Lipinski definition) is 3. The fourth-order valence-electron chi connectivity index (χ4n) is 1.24. The van der Waals surface area contributed by atoms with E-state index < -0.39 is 6.43 Å². The Morgan fingerprint density at radius 1 is 1.64 bits per heavy atom. The normalized spacial score (nSPS) is 10.6. The second-order valence-corrected chi connectivity index (χ2v) is 2.84. The molecule has 0 bridgehead atoms. The van der Waals surface area contributed by atoms with Crippen molar-refractivity contribution >= 4 is 6.29 Å². The van der Waals surface area contributed by atoms with E-state index in [0.29, 0.717) is 11.8 Å². The van der Waals surface area contributed by atoms with E-state index in [9.17, 15) is 13.6 Å². The highest BCUT2D eigenvalue weighted by Gasteiger charge is 2.19. The van der Waals surface area contributed by atoms with Crippen molar-refractivity contribution in [3.63, 3.8) is 0 Å². The first-order valence-corrected chi connectivity index (χ1v) is 4.03. The van der Waals surface area contributed by atoms with E-state index in [2.05, 4.69) is 4.98 Å². The van der Waals surface area contributed by atoms with Gasteiger partial charge in [-0.15, -0.1) is 0 Å². The molecule has 1 rings (SSSR count). The van der Waals surface area contributed by atoms with E-state index in [0.717, 1.165) is 0 Å². The van der Waals surface area contributed by atoms with Crippen LogP contribution < -0.4 is 5.73 Å². The number of pyridine rings is 1. The van der Waals surface area contributed by atoms with Crippen molar-refractivity contribution in [1.82, 2.24) is 4.98 Å². The lowest BCUT2D eigenvalue weighted by Gasteiger charge is -2.10. The zero-order valence-electron chi connectivity index (χ0n) is 7.63. The van der Waals surface area contributed by atoms with Crippen LogP contribution in [0, 0.1) is 6.92 Å². The van der Waals surface area contributed by atoms with Crippen LogP contribution in [0.25, 0.3) is 0 Å². The van der Waals surface area contributed by atoms with Gasteiger partial charge in [0.25, 0.3) is 6.43 Å². The molecule has 0 aliphatic rings. The first kappa shape index (κ1) is 10.7. The largest absolute Gasteiger partial charge is 0.325 e. The standard InChI is InChI=1S/C9H10F2N2O/c1-5-3-13-7(2-12)8(9(10)11)6(5)4-14/h3-4,9H,2,12H2,1H3. The van der Waals surface area contributed by atoms with Crippen molar-refractivity contribution in [2.75, 3.05) is 0 Å². The van der Waals surface area contributed by atoms with Crippen molar-refractivity contribution < 1.29 is 13.6 Å². The molecular weight excluding hydrogens is 190 g/mol. The van der Waals surface area contributed by atoms with Gasteiger partial charge in [-0.25, -0.2) is 8.78 Å². The number of carbonyl (C=O) groups is 1. The molecule has 14 heavy (non-hydrogen) atoms. The fraction of sp³-hybridized carbons (Fsp3) is 0.333. The van der Waals surface area contributed by atoms with Crippen molar-refractivity contribution in [3.8, 4) is 0 Å². The van der Waals surface area contributed by atoms with Crippen LogP contribution in [0.5, 0.6) is 0 Å². The van der Waals surface area contributed by atoms with Gasteiger partial charge in [-0.05, 0) is 12.5 Å². The van der Waals surface area contributed by atoms with Crippen LogP contribution in [0.2, 0.25) is 0 Å². The molecule has 0 aromatic carbocycles. The van der Waals surface area contributed by atoms with E-state index >= 15 is 0 Å². The third kappa shape index (κ3) is 1.77. The Morgan fingerprint density at radius 2 is 2.29 bits per heavy atom. The quantitative estimate of drug-likeness (QED) is 0.754. The van der Waals surface area contributed by atoms with Crippen LogP contribution in [0.15, 0.2) is 6.20 Å². The summed E-state index contributed by atoms with van der Waals surface area (Å²) >= 11 is 0. The minimum Gasteiger partial charge on any atom is -0.325 e. The summed E-state index contributed by atoms with van der Waals surface area (Å²) in [5.41, 5.74) is 5.42. The zero-order chi connectivity index (χ0) is 10.7. The molecule has 0 aliphatic carbocycles. The second kappa shape index (κ2) is 4.23. The number of nitrogens with two attached hydrogens (primary N) is 1. The maximum absolute atomic E-state index is 12.6. The van der Waals surface area contributed by atoms with Gasteiger partial charge in [0.2, 0.25) is 0 Å². The fourth-order valence-corrected chi connectivity index (χ4v) is 1.24. The Bertz CT molecular complexity index is 353. The first-order valence-electron chi connectivity index (χ1n) is 4.03. The number of alkyl halides is 2. The van der Waals surface area contributed by atoms with Crippen molar-refractivity contribution in [3.05, 3.63) is 28.6 Å². The molecule has 0 aliphatic heterocycles. The highest BCUT2D eigenvalue weighted by atomic mass is 19.3. The van der Waals surface area contributed by atoms with Crippen molar-refractivity contribution in [2.24, 2.45) is 5.73 Å². The Labute approximate surface area is 79.9 Å². The molecule has 0 saturated carbocycles. The van der Waals surface area contributed by atoms with Gasteiger partial charge in [0.05, 0.1) is 11.3 Å². The molecule has 5 heteroatoms. The highest BCUT2D eigenvalue weighted by molar-refractivity contribution is 5.80. The smallest absolute Gasteiger partial charge is 0.266 e. The van der Waals surface area contributed by atoms with Crippen LogP contribution in [0.3, 0.4) is 0 Å². The number of nitrogens with zero attached hydrogens (tertiary/aromatic N) is 1. The monoisotopic (exact) mass is 200 g/mol. The van der Waals surface area contributed by atoms with Crippen molar-refractivity contribution in [2.45, 2.75) is 19.9 Å². The summed E-state index contributed by atoms with van der Waals surface area (Å²) in [6, 6.07) is 0. The lowest BCUT2D eigenvalue weighted by atomic mass is 10.0. The SMILES string of the molecule is Cc1cnc(CN)c(C(F)F)c1C=O. The molecular formula is C9H10F2N2O. The van der Waals surface area contributed by atoms with Gasteiger partial charge in [0.15, 0.2) is 6.29 Å². The molecule has 3 nitrogen and oxygen atoms in total. The molecule has 0 spiro atoms. The Kier molecular flexibility index (Phi) is 3.24. The van der Waals surface area contributed by atoms with Crippen molar-refractivity contribution in [1.29, 1.82) is 0 Å². The van der Waals surface area contributed by atoms with Gasteiger partial charge in [0, 0.05) is 18.3 Å². The van der Waals surface area contributed by atoms with Crippen LogP contribution in [0.4, 0.5) is 8.78 Å². The Balaban J connectivity index is 3.43. The molecule has 0 radical (unpaired) electrons. The number of carbonyl (C=O) groups excluding carboxylic acids is 1. The summed E-state index contributed by atoms with van der Waals surface area (Å²) in [6.07, 6.45) is -0.934. The average Bonchev–Trinajstić information content (AvgIpc) is 2.17. The number of aromatic nitrogens is 1. The predicted octanol–water partition coefficient (Wildman–Crippen LogP) is 1.60. The topological polar surface area (TPSA) is 56.0 Å². The molecule has 0 unspecified atom stereocenters. The molecule has 76 valence electrons. The van der Waals surface area contributed by atoms with E-state index in [1.54, 1.807) is 6.92 Å². The summed E-state index contributed by atoms with van der Waals surface area (Å²) in [6.45, 7) is 1.46. The van der Waals surface area contributed by atoms with Crippen LogP contribution in [0.1, 0.15) is 33.6 Å². The minimum absolute atomic E-state index is 0.00421. The number of aryl methyl sites for hydroxylation is 1. The van der Waals surface area contributed by atoms with Gasteiger partial charge >= 0.3 is 0 Å². The number of hydrogen-bond donors (Lipinski definition) is 1. The molecule has 0 fully saturated rings. The molecule has 1 aromatic heterocycles. The van der Waals surface area contributed by atoms with Gasteiger partial charge in [-0.3, -0.25) is 9.78 Å². The summed E-state index contributed by atoms with van der Waals surface area (Å²) in [4.78, 5) is 14.4. The molecule has 0 saturated heterocycles. The van der Waals surface area contributed by atoms with E-state index in [1.807, 2.05) is 0 Å². The third-order valence-electron chi connectivity index (χ3n) is 1.97. The first-order chi connectivity index (χ1) is 6.61. The predicted molar refractivity (Wildman–Crippen MR) is 47.2 cm³/mol. The maximum Gasteiger partial charge on any atom is 0.266 e. The van der Waals surface area contributed by atoms with Gasteiger partial charge in [0.1, 0.15) is 0 Å². The number of rotatable bonds is 3. The maximum atomic E-state index is 12.6. The van der Waals surface area contributed by atoms with E-state index in [1.165, 1.54) is 6.20 Å². The molecule has 1 aromatic rings. The summed E-state index contributed by atoms with van der Waals surface area (Å²) < 4.78 is 25.2. The Morgan fingerprint density at radius 3 is 2.71 bits per heavy atom. The van der Waals surface area contributed by atoms with Crippen LogP contribution in [-0.4, -0.2) is 11.3 Å². The summed E-state index contributed by atoms with van der Waals surface area (Å²) in [7, 11) is 0. The molecule has 2 N–H and O–H groups in total. The van der Waals surface area contributed by atoms with Gasteiger partial charge in [-0.1, -0.05) is 0 Å².